The first-order valence-electron chi connectivity index (χ1n) is 43.2. The van der Waals surface area contributed by atoms with E-state index >= 15 is 0 Å². The molecule has 0 aromatic carbocycles. The Balaban J connectivity index is 0.869. The van der Waals surface area contributed by atoms with E-state index in [2.05, 4.69) is 5.32 Å². The molecule has 12 aliphatic rings. The number of carbonyl (C=O) groups excluding carboxylic acids is 1. The molecule has 12 heterocycles. The summed E-state index contributed by atoms with van der Waals surface area (Å²) in [7, 11) is 0. The zero-order valence-electron chi connectivity index (χ0n) is 71.5. The van der Waals surface area contributed by atoms with Crippen molar-refractivity contribution in [2.75, 3.05) is 79.3 Å². The average molecular weight is 2000 g/mol. The van der Waals surface area contributed by atoms with Crippen LogP contribution in [0.25, 0.3) is 0 Å². The molecule has 0 saturated carbocycles. The van der Waals surface area contributed by atoms with Crippen LogP contribution in [0.2, 0.25) is 0 Å². The summed E-state index contributed by atoms with van der Waals surface area (Å²) in [5.74, 6) is -0.925. The molecule has 0 aromatic rings. The Morgan fingerprint density at radius 1 is 0.191 bits per heavy atom. The van der Waals surface area contributed by atoms with Gasteiger partial charge in [0.1, 0.15) is 293 Å². The van der Waals surface area contributed by atoms with Gasteiger partial charge in [0.2, 0.25) is 5.91 Å². The van der Waals surface area contributed by atoms with E-state index in [-0.39, 0.29) is 0 Å². The van der Waals surface area contributed by atoms with Crippen LogP contribution in [-0.2, 0) is 114 Å². The average Bonchev–Trinajstić information content (AvgIpc) is 0.764. The smallest absolute Gasteiger partial charge is 0.217 e. The molecule has 12 fully saturated rings. The van der Waals surface area contributed by atoms with E-state index < -0.39 is 454 Å². The van der Waals surface area contributed by atoms with Crippen molar-refractivity contribution >= 4 is 5.91 Å². The summed E-state index contributed by atoms with van der Waals surface area (Å²) in [5, 5.41) is 415. The third kappa shape index (κ3) is 23.5. The number of amides is 1. The largest absolute Gasteiger partial charge is 0.394 e. The van der Waals surface area contributed by atoms with E-state index in [9.17, 15) is 194 Å². The number of rotatable bonds is 35. The number of hydrogen-bond donors (Lipinski definition) is 38. The summed E-state index contributed by atoms with van der Waals surface area (Å²) in [4.78, 5) is 12.5. The van der Waals surface area contributed by atoms with Crippen molar-refractivity contribution in [3.05, 3.63) is 0 Å². The molecule has 38 N–H and O–H groups in total. The highest BCUT2D eigenvalue weighted by atomic mass is 16.8. The fraction of sp³-hybridized carbons (Fsp3) is 0.986. The normalized spacial score (nSPS) is 52.8. The van der Waals surface area contributed by atoms with Gasteiger partial charge in [0.15, 0.2) is 75.5 Å². The van der Waals surface area contributed by atoms with Crippen molar-refractivity contribution in [3.8, 4) is 0 Å². The molecule has 0 bridgehead atoms. The van der Waals surface area contributed by atoms with E-state index in [0.29, 0.717) is 0 Å². The zero-order valence-corrected chi connectivity index (χ0v) is 71.5. The van der Waals surface area contributed by atoms with Gasteiger partial charge in [0, 0.05) is 6.92 Å². The summed E-state index contributed by atoms with van der Waals surface area (Å²) in [5.41, 5.74) is 0. The molecule has 12 saturated heterocycles. The molecule has 60 atom stereocenters. The molecule has 136 heavy (non-hydrogen) atoms. The van der Waals surface area contributed by atoms with Gasteiger partial charge in [0.05, 0.1) is 79.3 Å². The minimum absolute atomic E-state index is 0.925. The molecule has 62 nitrogen and oxygen atoms in total. The first-order chi connectivity index (χ1) is 64.5. The Kier molecular flexibility index (Phi) is 40.0. The van der Waals surface area contributed by atoms with Crippen LogP contribution in [0.4, 0.5) is 0 Å². The van der Waals surface area contributed by atoms with Crippen molar-refractivity contribution in [1.29, 1.82) is 0 Å². The number of aliphatic hydroxyl groups excluding tert-OH is 37. The summed E-state index contributed by atoms with van der Waals surface area (Å²) < 4.78 is 135. The van der Waals surface area contributed by atoms with Crippen LogP contribution in [0.5, 0.6) is 0 Å². The van der Waals surface area contributed by atoms with Crippen molar-refractivity contribution in [3.63, 3.8) is 0 Å². The van der Waals surface area contributed by atoms with E-state index in [4.69, 9.17) is 109 Å². The fourth-order valence-corrected chi connectivity index (χ4v) is 17.5. The molecule has 12 aliphatic heterocycles. The van der Waals surface area contributed by atoms with Crippen LogP contribution in [0, 0.1) is 0 Å². The maximum Gasteiger partial charge on any atom is 0.217 e. The van der Waals surface area contributed by atoms with Crippen molar-refractivity contribution in [2.24, 2.45) is 0 Å². The van der Waals surface area contributed by atoms with Gasteiger partial charge in [-0.1, -0.05) is 0 Å². The maximum absolute atomic E-state index is 12.8. The second kappa shape index (κ2) is 48.6. The van der Waals surface area contributed by atoms with E-state index in [1.165, 1.54) is 0 Å². The third-order valence-electron chi connectivity index (χ3n) is 25.5. The Bertz CT molecular complexity index is 3590. The second-order valence-corrected chi connectivity index (χ2v) is 34.4. The van der Waals surface area contributed by atoms with Gasteiger partial charge in [0.25, 0.3) is 0 Å². The Hall–Kier alpha value is -2.93. The van der Waals surface area contributed by atoms with Gasteiger partial charge < -0.3 is 303 Å². The van der Waals surface area contributed by atoms with Gasteiger partial charge >= 0.3 is 0 Å². The summed E-state index contributed by atoms with van der Waals surface area (Å²) in [6.07, 6.45) is -133. The molecule has 792 valence electrons. The third-order valence-corrected chi connectivity index (χ3v) is 25.5. The van der Waals surface area contributed by atoms with E-state index in [1.54, 1.807) is 0 Å². The fourth-order valence-electron chi connectivity index (χ4n) is 17.5. The maximum atomic E-state index is 12.8. The van der Waals surface area contributed by atoms with Gasteiger partial charge in [-0.25, -0.2) is 0 Å². The van der Waals surface area contributed by atoms with Crippen molar-refractivity contribution in [1.82, 2.24) is 5.32 Å². The molecule has 62 heteroatoms. The van der Waals surface area contributed by atoms with Crippen molar-refractivity contribution in [2.45, 2.75) is 375 Å². The molecule has 1 unspecified atom stereocenters. The first kappa shape index (κ1) is 112. The number of hydrogen-bond acceptors (Lipinski definition) is 61. The Morgan fingerprint density at radius 2 is 0.390 bits per heavy atom. The molecule has 0 radical (unpaired) electrons. The summed E-state index contributed by atoms with van der Waals surface area (Å²) >= 11 is 0. The van der Waals surface area contributed by atoms with Crippen LogP contribution in [-0.4, -0.2) is 643 Å². The summed E-state index contributed by atoms with van der Waals surface area (Å²) in [6.45, 7) is -13.2. The molecule has 0 spiro atoms. The molecule has 1 amide bonds. The minimum atomic E-state index is -2.68. The predicted octanol–water partition coefficient (Wildman–Crippen LogP) is -27.0. The standard InChI is InChI=1S/C74H125NO61/c1-14(86)75-27-39(98)54(24(11-85)116-63(27)113)128-69-53(112)57(131-73-62(47(106)35(94)21(8-82)124-73)136-74-61(46(105)34(93)22(9-83)125-74)135-68-52(111)55(36(95)23(10-84)120-68)129-71-59(44(103)32(91)19(6-80)122-71)133-66-49(108)41(100)29(88)16(3-77)118-66)38(97)26(127-69)12-114-64-51(110)56(130-72-60(45(104)33(92)20(7-81)123-72)134-67-50(109)42(101)30(89)17(4-78)119-67)37(96)25(126-64)13-115-70-58(43(102)31(90)18(5-79)121-70)132-65-48(107)40(99)28(87)15(2-76)117-65/h15-74,76-85,87-113H,2-13H2,1H3,(H,75,86)/t15-,16-,17-,18-,19-,20-,21-,22-,23-,24-,25-,26-,27-,28-,29-,30-,31-,32-,33-,34-,35-,36-,37-,38-,39-,40+,41+,42+,43+,44+,45+,46+,47+,48+,49-,50+,51+,52+,53+,54-,55+,56+,57+,58+,59-,60+,61+,62+,63?,64+,65-,66-,67-,68-,69+,70+,71-,72-,73-,74-/m1/s1. The lowest BCUT2D eigenvalue weighted by Gasteiger charge is -2.51. The zero-order chi connectivity index (χ0) is 99.7. The second-order valence-electron chi connectivity index (χ2n) is 34.4. The monoisotopic (exact) mass is 2000 g/mol. The topological polar surface area (TPSA) is 990 Å². The SMILES string of the molecule is CC(=O)N[C@H]1C(O)O[C@H](CO)[C@@H](O[C@@H]2O[C@H](CO[C@H]3O[C@H](CO[C@H]4O[C@H](CO)[C@@H](O)[C@H](O)[C@@H]4O[C@H]4O[C@H](CO)[C@@H](O)[C@H](O)[C@@H]4O)[C@@H](O)[C@H](O[C@H]4O[C@H](CO)[C@@H](O)[C@H](O)[C@@H]4O[C@H]4O[C@H](CO)[C@@H](O)[C@H](O)[C@@H]4O)[C@@H]3O)[C@@H](O)[C@H](O[C@H]3O[C@H](CO)[C@@H](O)[C@H](O)[C@@H]3O[C@H]3O[C@H](CO)[C@@H](O)[C@H](O)[C@@H]3O[C@H]3O[C@H](CO)[C@@H](O)[C@H](O[C@H]4O[C@H](CO)[C@@H](O)[C@H](O)[C@H]4O[C@H]4O[C@H](CO)[C@@H](O)[C@H](O)[C@H]4O)[C@@H]3O)[C@@H]2O)[C@@H]1O. The van der Waals surface area contributed by atoms with E-state index in [1.807, 2.05) is 0 Å². The Morgan fingerprint density at radius 3 is 0.676 bits per heavy atom. The highest BCUT2D eigenvalue weighted by Gasteiger charge is 2.63. The molecular weight excluding hydrogens is 1880 g/mol. The lowest BCUT2D eigenvalue weighted by molar-refractivity contribution is -0.413. The van der Waals surface area contributed by atoms with E-state index in [0.717, 1.165) is 6.92 Å². The number of aliphatic hydroxyl groups is 37. The van der Waals surface area contributed by atoms with Gasteiger partial charge in [-0.05, 0) is 0 Å². The summed E-state index contributed by atoms with van der Waals surface area (Å²) in [6, 6.07) is -1.88. The van der Waals surface area contributed by atoms with Crippen molar-refractivity contribution < 1.29 is 303 Å². The van der Waals surface area contributed by atoms with Crippen LogP contribution in [0.3, 0.4) is 0 Å². The van der Waals surface area contributed by atoms with Crippen LogP contribution in [0.1, 0.15) is 6.92 Å². The number of nitrogens with one attached hydrogen (secondary N) is 1. The minimum Gasteiger partial charge on any atom is -0.394 e. The molecule has 12 rings (SSSR count). The first-order valence-corrected chi connectivity index (χ1v) is 43.2. The predicted molar refractivity (Wildman–Crippen MR) is 407 cm³/mol. The number of carbonyl (C=O) groups is 1. The highest BCUT2D eigenvalue weighted by molar-refractivity contribution is 5.73. The highest BCUT2D eigenvalue weighted by Crippen LogP contribution is 2.43. The number of ether oxygens (including phenoxy) is 23. The van der Waals surface area contributed by atoms with Gasteiger partial charge in [-0.3, -0.25) is 4.79 Å². The van der Waals surface area contributed by atoms with Crippen LogP contribution in [0.15, 0.2) is 0 Å². The van der Waals surface area contributed by atoms with Crippen LogP contribution >= 0.6 is 0 Å². The van der Waals surface area contributed by atoms with Gasteiger partial charge in [-0.2, -0.15) is 0 Å². The molecular formula is C74H125NO61. The Labute approximate surface area is 766 Å². The quantitative estimate of drug-likeness (QED) is 0.0280. The lowest BCUT2D eigenvalue weighted by Crippen LogP contribution is -2.69. The lowest BCUT2D eigenvalue weighted by atomic mass is 9.94. The molecule has 0 aliphatic carbocycles. The van der Waals surface area contributed by atoms with Crippen LogP contribution < -0.4 is 5.32 Å². The molecule has 0 aromatic heterocycles. The van der Waals surface area contributed by atoms with Gasteiger partial charge in [-0.15, -0.1) is 0 Å².